The molecular weight excluding hydrogens is 386 g/mol. The molecule has 146 valence electrons. The van der Waals surface area contributed by atoms with Crippen molar-refractivity contribution in [2.75, 3.05) is 31.2 Å². The molecule has 0 radical (unpaired) electrons. The van der Waals surface area contributed by atoms with Crippen LogP contribution >= 0.6 is 11.3 Å². The predicted octanol–water partition coefficient (Wildman–Crippen LogP) is 3.13. The van der Waals surface area contributed by atoms with Crippen LogP contribution in [-0.2, 0) is 11.2 Å². The number of fused-ring (bicyclic) bond motifs is 3. The van der Waals surface area contributed by atoms with Gasteiger partial charge < -0.3 is 15.4 Å². The van der Waals surface area contributed by atoms with E-state index in [1.54, 1.807) is 12.1 Å². The number of ether oxygens (including phenoxy) is 1. The second-order valence-electron chi connectivity index (χ2n) is 7.18. The minimum atomic E-state index is -0.460. The van der Waals surface area contributed by atoms with Crippen molar-refractivity contribution in [3.8, 4) is 21.8 Å². The van der Waals surface area contributed by atoms with Gasteiger partial charge in [0.25, 0.3) is 0 Å². The summed E-state index contributed by atoms with van der Waals surface area (Å²) in [6, 6.07) is 11.7. The van der Waals surface area contributed by atoms with Crippen LogP contribution in [0.3, 0.4) is 0 Å². The van der Waals surface area contributed by atoms with Gasteiger partial charge in [-0.2, -0.15) is 0 Å². The van der Waals surface area contributed by atoms with Gasteiger partial charge in [0.1, 0.15) is 0 Å². The number of pyridine rings is 1. The van der Waals surface area contributed by atoms with Crippen molar-refractivity contribution in [3.63, 3.8) is 0 Å². The molecule has 2 N–H and O–H groups in total. The molecule has 1 fully saturated rings. The molecule has 6 nitrogen and oxygen atoms in total. The van der Waals surface area contributed by atoms with Gasteiger partial charge in [-0.1, -0.05) is 6.07 Å². The largest absolute Gasteiger partial charge is 0.378 e. The third kappa shape index (κ3) is 3.12. The number of amides is 1. The smallest absolute Gasteiger partial charge is 0.249 e. The van der Waals surface area contributed by atoms with Crippen LogP contribution < -0.4 is 10.6 Å². The number of nitrogens with zero attached hydrogens (tertiary/aromatic N) is 2. The van der Waals surface area contributed by atoms with Gasteiger partial charge in [0, 0.05) is 36.3 Å². The number of thiophene rings is 1. The predicted molar refractivity (Wildman–Crippen MR) is 113 cm³/mol. The first-order valence-corrected chi connectivity index (χ1v) is 10.3. The number of carbonyl (C=O) groups excluding carboxylic acids is 2. The van der Waals surface area contributed by atoms with Gasteiger partial charge in [-0.3, -0.25) is 9.59 Å². The molecule has 3 heterocycles. The Hall–Kier alpha value is -3.03. The Morgan fingerprint density at radius 2 is 2.00 bits per heavy atom. The Kier molecular flexibility index (Phi) is 4.41. The summed E-state index contributed by atoms with van der Waals surface area (Å²) in [6.07, 6.45) is 1.46. The first-order chi connectivity index (χ1) is 14.1. The fourth-order valence-electron chi connectivity index (χ4n) is 4.04. The number of rotatable bonds is 4. The van der Waals surface area contributed by atoms with Crippen molar-refractivity contribution in [1.29, 1.82) is 0 Å². The molecule has 2 aliphatic rings. The maximum Gasteiger partial charge on any atom is 0.249 e. The standard InChI is InChI=1S/C22H19N3O3S/c23-22(27)18-11-19(20-4-2-15(12-26)29-20)24-21-16-3-1-14(9-13(16)10-17(18)21)25-5-7-28-8-6-25/h1-4,9,11-12H,5-8,10H2,(H2,23,27). The van der Waals surface area contributed by atoms with Crippen LogP contribution in [0.4, 0.5) is 5.69 Å². The third-order valence-corrected chi connectivity index (χ3v) is 6.51. The summed E-state index contributed by atoms with van der Waals surface area (Å²) in [5, 5.41) is 0. The molecule has 1 amide bonds. The van der Waals surface area contributed by atoms with Crippen LogP contribution in [0.1, 0.15) is 31.2 Å². The number of aldehydes is 1. The van der Waals surface area contributed by atoms with E-state index < -0.39 is 5.91 Å². The van der Waals surface area contributed by atoms with Crippen molar-refractivity contribution >= 4 is 29.2 Å². The normalized spacial score (nSPS) is 15.1. The van der Waals surface area contributed by atoms with Crippen LogP contribution in [0, 0.1) is 0 Å². The zero-order chi connectivity index (χ0) is 20.0. The second kappa shape index (κ2) is 7.09. The zero-order valence-electron chi connectivity index (χ0n) is 15.7. The van der Waals surface area contributed by atoms with E-state index in [1.807, 2.05) is 6.07 Å². The molecule has 1 saturated heterocycles. The lowest BCUT2D eigenvalue weighted by Gasteiger charge is -2.29. The number of carbonyl (C=O) groups is 2. The average Bonchev–Trinajstić information content (AvgIpc) is 3.37. The zero-order valence-corrected chi connectivity index (χ0v) is 16.5. The van der Waals surface area contributed by atoms with E-state index in [1.165, 1.54) is 11.3 Å². The van der Waals surface area contributed by atoms with Gasteiger partial charge in [-0.05, 0) is 41.5 Å². The molecule has 1 aliphatic heterocycles. The monoisotopic (exact) mass is 405 g/mol. The highest BCUT2D eigenvalue weighted by atomic mass is 32.1. The fraction of sp³-hybridized carbons (Fsp3) is 0.227. The van der Waals surface area contributed by atoms with Crippen LogP contribution in [0.5, 0.6) is 0 Å². The Morgan fingerprint density at radius 1 is 1.17 bits per heavy atom. The molecule has 29 heavy (non-hydrogen) atoms. The van der Waals surface area contributed by atoms with Gasteiger partial charge in [-0.15, -0.1) is 11.3 Å². The van der Waals surface area contributed by atoms with Crippen molar-refractivity contribution in [2.24, 2.45) is 5.73 Å². The summed E-state index contributed by atoms with van der Waals surface area (Å²) in [6.45, 7) is 3.21. The summed E-state index contributed by atoms with van der Waals surface area (Å²) < 4.78 is 5.45. The summed E-state index contributed by atoms with van der Waals surface area (Å²) >= 11 is 1.35. The molecule has 0 bridgehead atoms. The van der Waals surface area contributed by atoms with Gasteiger partial charge in [-0.25, -0.2) is 4.98 Å². The van der Waals surface area contributed by atoms with Crippen molar-refractivity contribution < 1.29 is 14.3 Å². The minimum Gasteiger partial charge on any atom is -0.378 e. The Labute approximate surface area is 171 Å². The van der Waals surface area contributed by atoms with E-state index in [9.17, 15) is 9.59 Å². The average molecular weight is 405 g/mol. The van der Waals surface area contributed by atoms with Crippen LogP contribution in [-0.4, -0.2) is 43.5 Å². The molecule has 7 heteroatoms. The number of primary amides is 1. The Morgan fingerprint density at radius 3 is 2.72 bits per heavy atom. The van der Waals surface area contributed by atoms with E-state index in [0.717, 1.165) is 65.5 Å². The van der Waals surface area contributed by atoms with E-state index in [0.29, 0.717) is 22.6 Å². The molecule has 0 atom stereocenters. The molecule has 5 rings (SSSR count). The van der Waals surface area contributed by atoms with Gasteiger partial charge >= 0.3 is 0 Å². The van der Waals surface area contributed by atoms with Crippen molar-refractivity contribution in [3.05, 3.63) is 58.0 Å². The summed E-state index contributed by atoms with van der Waals surface area (Å²) in [5.41, 5.74) is 11.9. The molecule has 2 aromatic heterocycles. The lowest BCUT2D eigenvalue weighted by atomic mass is 10.0. The number of anilines is 1. The number of nitrogens with two attached hydrogens (primary N) is 1. The number of hydrogen-bond donors (Lipinski definition) is 1. The van der Waals surface area contributed by atoms with Gasteiger partial charge in [0.2, 0.25) is 5.91 Å². The highest BCUT2D eigenvalue weighted by Gasteiger charge is 2.27. The molecule has 1 aliphatic carbocycles. The number of benzene rings is 1. The Balaban J connectivity index is 1.59. The van der Waals surface area contributed by atoms with Crippen molar-refractivity contribution in [2.45, 2.75) is 6.42 Å². The Bertz CT molecular complexity index is 1130. The van der Waals surface area contributed by atoms with Crippen LogP contribution in [0.25, 0.3) is 21.8 Å². The van der Waals surface area contributed by atoms with Gasteiger partial charge in [0.05, 0.1) is 34.4 Å². The molecule has 3 aromatic rings. The van der Waals surface area contributed by atoms with Gasteiger partial charge in [0.15, 0.2) is 6.29 Å². The molecule has 0 spiro atoms. The number of aromatic nitrogens is 1. The van der Waals surface area contributed by atoms with Crippen LogP contribution in [0.2, 0.25) is 0 Å². The first-order valence-electron chi connectivity index (χ1n) is 9.49. The first kappa shape index (κ1) is 18.0. The van der Waals surface area contributed by atoms with Crippen LogP contribution in [0.15, 0.2) is 36.4 Å². The number of morpholine rings is 1. The topological polar surface area (TPSA) is 85.5 Å². The molecule has 0 saturated carbocycles. The number of hydrogen-bond acceptors (Lipinski definition) is 6. The van der Waals surface area contributed by atoms with Crippen molar-refractivity contribution in [1.82, 2.24) is 4.98 Å². The lowest BCUT2D eigenvalue weighted by molar-refractivity contribution is 0.0999. The van der Waals surface area contributed by atoms with E-state index in [-0.39, 0.29) is 0 Å². The summed E-state index contributed by atoms with van der Waals surface area (Å²) in [4.78, 5) is 31.9. The second-order valence-corrected chi connectivity index (χ2v) is 8.30. The quantitative estimate of drug-likeness (QED) is 0.527. The highest BCUT2D eigenvalue weighted by molar-refractivity contribution is 7.17. The third-order valence-electron chi connectivity index (χ3n) is 5.47. The maximum absolute atomic E-state index is 12.2. The van der Waals surface area contributed by atoms with E-state index in [2.05, 4.69) is 23.1 Å². The summed E-state index contributed by atoms with van der Waals surface area (Å²) in [5.74, 6) is -0.460. The summed E-state index contributed by atoms with van der Waals surface area (Å²) in [7, 11) is 0. The van der Waals surface area contributed by atoms with E-state index in [4.69, 9.17) is 15.5 Å². The highest BCUT2D eigenvalue weighted by Crippen LogP contribution is 2.41. The maximum atomic E-state index is 12.2. The molecule has 0 unspecified atom stereocenters. The lowest BCUT2D eigenvalue weighted by Crippen LogP contribution is -2.36. The molecule has 1 aromatic carbocycles. The van der Waals surface area contributed by atoms with E-state index >= 15 is 0 Å². The molecular formula is C22H19N3O3S. The fourth-order valence-corrected chi connectivity index (χ4v) is 4.82. The minimum absolute atomic E-state index is 0.460. The SMILES string of the molecule is NC(=O)c1cc(-c2ccc(C=O)s2)nc2c1Cc1cc(N3CCOCC3)ccc1-2.